The molecule has 0 fully saturated rings. The number of ether oxygens (including phenoxy) is 2. The number of nitro benzene ring substituents is 1. The first kappa shape index (κ1) is 28.3. The second kappa shape index (κ2) is 12.6. The number of rotatable bonds is 6. The summed E-state index contributed by atoms with van der Waals surface area (Å²) < 4.78 is 10.7. The molecule has 7 rings (SSSR count). The molecular weight excluding hydrogens is 536 g/mol. The fourth-order valence-electron chi connectivity index (χ4n) is 6.28. The van der Waals surface area contributed by atoms with E-state index in [2.05, 4.69) is 53.4 Å². The molecule has 1 aliphatic heterocycles. The molecule has 0 saturated carbocycles. The van der Waals surface area contributed by atoms with Crippen molar-refractivity contribution in [3.63, 3.8) is 0 Å². The van der Waals surface area contributed by atoms with Gasteiger partial charge in [0, 0.05) is 25.2 Å². The first-order chi connectivity index (χ1) is 21.0. The summed E-state index contributed by atoms with van der Waals surface area (Å²) in [6.07, 6.45) is 10.1. The maximum atomic E-state index is 10.9. The molecule has 0 aromatic heterocycles. The van der Waals surface area contributed by atoms with Crippen LogP contribution in [0.3, 0.4) is 0 Å². The van der Waals surface area contributed by atoms with E-state index in [1.165, 1.54) is 58.9 Å². The van der Waals surface area contributed by atoms with Gasteiger partial charge in [-0.05, 0) is 106 Å². The molecule has 0 saturated heterocycles. The van der Waals surface area contributed by atoms with Gasteiger partial charge in [0.25, 0.3) is 5.69 Å². The van der Waals surface area contributed by atoms with Crippen molar-refractivity contribution in [1.29, 1.82) is 0 Å². The van der Waals surface area contributed by atoms with Crippen LogP contribution in [0.4, 0.5) is 5.69 Å². The predicted molar refractivity (Wildman–Crippen MR) is 174 cm³/mol. The van der Waals surface area contributed by atoms with Crippen LogP contribution in [0.5, 0.6) is 11.5 Å². The van der Waals surface area contributed by atoms with Crippen molar-refractivity contribution in [1.82, 2.24) is 4.90 Å². The van der Waals surface area contributed by atoms with E-state index in [9.17, 15) is 10.1 Å². The first-order valence-electron chi connectivity index (χ1n) is 14.9. The molecule has 0 unspecified atom stereocenters. The van der Waals surface area contributed by atoms with Crippen LogP contribution in [0.1, 0.15) is 40.7 Å². The summed E-state index contributed by atoms with van der Waals surface area (Å²) in [6, 6.07) is 28.7. The number of fused-ring (bicyclic) bond motifs is 6. The summed E-state index contributed by atoms with van der Waals surface area (Å²) in [4.78, 5) is 12.7. The summed E-state index contributed by atoms with van der Waals surface area (Å²) in [5.74, 6) is 1.44. The Labute approximate surface area is 252 Å². The van der Waals surface area contributed by atoms with Crippen LogP contribution in [0, 0.1) is 10.1 Å². The normalized spacial score (nSPS) is 13.6. The Balaban J connectivity index is 0.000000160. The number of hydrogen-bond donors (Lipinski definition) is 0. The van der Waals surface area contributed by atoms with E-state index in [-0.39, 0.29) is 10.6 Å². The molecule has 0 radical (unpaired) electrons. The molecule has 218 valence electrons. The lowest BCUT2D eigenvalue weighted by Crippen LogP contribution is -2.22. The number of benzene rings is 5. The van der Waals surface area contributed by atoms with Crippen molar-refractivity contribution < 1.29 is 14.4 Å². The topological polar surface area (TPSA) is 64.8 Å². The van der Waals surface area contributed by atoms with Crippen molar-refractivity contribution in [2.24, 2.45) is 0 Å². The minimum Gasteiger partial charge on any atom is -0.493 e. The number of non-ortho nitro benzene ring substituents is 1. The lowest BCUT2D eigenvalue weighted by Gasteiger charge is -2.26. The fourth-order valence-corrected chi connectivity index (χ4v) is 6.28. The fraction of sp³-hybridized carbons (Fsp3) is 0.243. The van der Waals surface area contributed by atoms with Gasteiger partial charge in [0.15, 0.2) is 11.5 Å². The molecule has 43 heavy (non-hydrogen) atoms. The SMILES string of the molecule is COc1cc2c(cc1OC)CN(CCc1cccc([N+](=O)[O-])c1)C=C2.c1ccc2c(c1)ccc1c3c(ccc12)CCCC3. The smallest absolute Gasteiger partial charge is 0.269 e. The van der Waals surface area contributed by atoms with Gasteiger partial charge in [-0.15, -0.1) is 0 Å². The van der Waals surface area contributed by atoms with Crippen LogP contribution in [0.15, 0.2) is 91.1 Å². The zero-order valence-electron chi connectivity index (χ0n) is 24.7. The van der Waals surface area contributed by atoms with Crippen molar-refractivity contribution >= 4 is 33.3 Å². The van der Waals surface area contributed by atoms with E-state index in [0.29, 0.717) is 0 Å². The molecule has 2 aliphatic rings. The van der Waals surface area contributed by atoms with Crippen LogP contribution in [-0.2, 0) is 25.8 Å². The maximum Gasteiger partial charge on any atom is 0.269 e. The highest BCUT2D eigenvalue weighted by molar-refractivity contribution is 6.08. The predicted octanol–water partition coefficient (Wildman–Crippen LogP) is 8.51. The first-order valence-corrected chi connectivity index (χ1v) is 14.9. The monoisotopic (exact) mass is 572 g/mol. The zero-order chi connectivity index (χ0) is 29.8. The molecule has 0 amide bonds. The lowest BCUT2D eigenvalue weighted by molar-refractivity contribution is -0.384. The third kappa shape index (κ3) is 6.05. The van der Waals surface area contributed by atoms with Crippen LogP contribution < -0.4 is 9.47 Å². The maximum absolute atomic E-state index is 10.9. The van der Waals surface area contributed by atoms with Gasteiger partial charge in [-0.1, -0.05) is 60.7 Å². The summed E-state index contributed by atoms with van der Waals surface area (Å²) in [5.41, 5.74) is 6.55. The Morgan fingerprint density at radius 2 is 1.58 bits per heavy atom. The number of nitrogens with zero attached hydrogens (tertiary/aromatic N) is 2. The Morgan fingerprint density at radius 1 is 0.791 bits per heavy atom. The van der Waals surface area contributed by atoms with Crippen molar-refractivity contribution in [3.8, 4) is 11.5 Å². The number of nitro groups is 1. The Kier molecular flexibility index (Phi) is 8.27. The third-order valence-electron chi connectivity index (χ3n) is 8.55. The summed E-state index contributed by atoms with van der Waals surface area (Å²) in [7, 11) is 3.26. The molecule has 5 aromatic rings. The number of aryl methyl sites for hydroxylation is 2. The van der Waals surface area contributed by atoms with Gasteiger partial charge in [-0.2, -0.15) is 0 Å². The van der Waals surface area contributed by atoms with Crippen molar-refractivity contribution in [2.45, 2.75) is 38.6 Å². The average Bonchev–Trinajstić information content (AvgIpc) is 3.06. The molecule has 6 nitrogen and oxygen atoms in total. The molecule has 5 aromatic carbocycles. The summed E-state index contributed by atoms with van der Waals surface area (Å²) in [5, 5.41) is 16.5. The minimum absolute atomic E-state index is 0.133. The molecule has 6 heteroatoms. The van der Waals surface area contributed by atoms with Gasteiger partial charge >= 0.3 is 0 Å². The van der Waals surface area contributed by atoms with E-state index in [4.69, 9.17) is 9.47 Å². The van der Waals surface area contributed by atoms with Crippen LogP contribution in [0.2, 0.25) is 0 Å². The highest BCUT2D eigenvalue weighted by atomic mass is 16.6. The molecular formula is C37H36N2O4. The van der Waals surface area contributed by atoms with Gasteiger partial charge in [0.1, 0.15) is 0 Å². The van der Waals surface area contributed by atoms with Crippen LogP contribution >= 0.6 is 0 Å². The number of methoxy groups -OCH3 is 2. The Morgan fingerprint density at radius 3 is 2.42 bits per heavy atom. The highest BCUT2D eigenvalue weighted by Gasteiger charge is 2.16. The average molecular weight is 573 g/mol. The van der Waals surface area contributed by atoms with Crippen LogP contribution in [-0.4, -0.2) is 30.6 Å². The lowest BCUT2D eigenvalue weighted by atomic mass is 9.86. The van der Waals surface area contributed by atoms with E-state index in [1.54, 1.807) is 37.5 Å². The standard InChI is InChI=1S/C19H20N2O4.C18H16/c1-24-18-11-15-7-9-20(13-16(15)12-19(18)25-2)8-6-14-4-3-5-17(10-14)21(22)23;1-3-7-15-13(5-1)9-11-18-16-8-4-2-6-14(16)10-12-17(15)18/h3-5,7,9-12H,6,8,13H2,1-2H3;1,3,5,7,9-12H,2,4,6,8H2. The molecule has 1 aliphatic carbocycles. The van der Waals surface area contributed by atoms with E-state index >= 15 is 0 Å². The molecule has 0 N–H and O–H groups in total. The highest BCUT2D eigenvalue weighted by Crippen LogP contribution is 2.34. The molecule has 1 heterocycles. The minimum atomic E-state index is -0.361. The second-order valence-electron chi connectivity index (χ2n) is 11.2. The Hall–Kier alpha value is -4.84. The van der Waals surface area contributed by atoms with Gasteiger partial charge in [-0.25, -0.2) is 0 Å². The largest absolute Gasteiger partial charge is 0.493 e. The zero-order valence-corrected chi connectivity index (χ0v) is 24.7. The third-order valence-corrected chi connectivity index (χ3v) is 8.55. The van der Waals surface area contributed by atoms with Crippen molar-refractivity contribution in [3.05, 3.63) is 129 Å². The van der Waals surface area contributed by atoms with Crippen molar-refractivity contribution in [2.75, 3.05) is 20.8 Å². The Bertz CT molecular complexity index is 1830. The van der Waals surface area contributed by atoms with Gasteiger partial charge in [0.05, 0.1) is 19.1 Å². The van der Waals surface area contributed by atoms with Gasteiger partial charge < -0.3 is 14.4 Å². The molecule has 0 bridgehead atoms. The quantitative estimate of drug-likeness (QED) is 0.116. The molecule has 0 atom stereocenters. The second-order valence-corrected chi connectivity index (χ2v) is 11.2. The summed E-state index contributed by atoms with van der Waals surface area (Å²) in [6.45, 7) is 1.55. The van der Waals surface area contributed by atoms with E-state index < -0.39 is 0 Å². The summed E-state index contributed by atoms with van der Waals surface area (Å²) >= 11 is 0. The van der Waals surface area contributed by atoms with E-state index in [0.717, 1.165) is 42.1 Å². The van der Waals surface area contributed by atoms with Gasteiger partial charge in [0.2, 0.25) is 0 Å². The number of hydrogen-bond acceptors (Lipinski definition) is 5. The van der Waals surface area contributed by atoms with Crippen LogP contribution in [0.25, 0.3) is 27.6 Å². The van der Waals surface area contributed by atoms with Gasteiger partial charge in [-0.3, -0.25) is 10.1 Å². The molecule has 0 spiro atoms. The van der Waals surface area contributed by atoms with E-state index in [1.807, 2.05) is 30.5 Å².